The summed E-state index contributed by atoms with van der Waals surface area (Å²) in [6.07, 6.45) is 0. The topological polar surface area (TPSA) is 68.4 Å². The summed E-state index contributed by atoms with van der Waals surface area (Å²) >= 11 is 0. The van der Waals surface area contributed by atoms with Crippen molar-refractivity contribution < 1.29 is 19.1 Å². The van der Waals surface area contributed by atoms with E-state index in [9.17, 15) is 9.59 Å². The molecule has 1 heterocycles. The van der Waals surface area contributed by atoms with E-state index in [4.69, 9.17) is 4.74 Å². The molecule has 0 unspecified atom stereocenters. The third kappa shape index (κ3) is 1.84. The van der Waals surface area contributed by atoms with Crippen molar-refractivity contribution in [2.75, 3.05) is 14.2 Å². The molecule has 5 nitrogen and oxygen atoms in total. The number of H-pyrrole nitrogens is 1. The van der Waals surface area contributed by atoms with E-state index in [0.29, 0.717) is 27.9 Å². The maximum atomic E-state index is 11.5. The van der Waals surface area contributed by atoms with Gasteiger partial charge in [-0.15, -0.1) is 0 Å². The minimum absolute atomic E-state index is 0.0825. The van der Waals surface area contributed by atoms with Crippen LogP contribution in [0.1, 0.15) is 27.8 Å². The summed E-state index contributed by atoms with van der Waals surface area (Å²) < 4.78 is 9.85. The summed E-state index contributed by atoms with van der Waals surface area (Å²) in [4.78, 5) is 25.9. The van der Waals surface area contributed by atoms with Gasteiger partial charge in [-0.1, -0.05) is 0 Å². The third-order valence-electron chi connectivity index (χ3n) is 2.76. The summed E-state index contributed by atoms with van der Waals surface area (Å²) in [6.45, 7) is 1.47. The lowest BCUT2D eigenvalue weighted by atomic mass is 10.1. The van der Waals surface area contributed by atoms with Crippen LogP contribution in [-0.4, -0.2) is 31.0 Å². The number of fused-ring (bicyclic) bond motifs is 1. The highest BCUT2D eigenvalue weighted by Crippen LogP contribution is 2.29. The zero-order valence-corrected chi connectivity index (χ0v) is 10.4. The molecule has 18 heavy (non-hydrogen) atoms. The van der Waals surface area contributed by atoms with Gasteiger partial charge in [-0.3, -0.25) is 4.79 Å². The van der Waals surface area contributed by atoms with Gasteiger partial charge in [0.2, 0.25) is 0 Å². The fourth-order valence-corrected chi connectivity index (χ4v) is 1.88. The first-order chi connectivity index (χ1) is 8.58. The molecule has 0 aliphatic heterocycles. The molecule has 0 bridgehead atoms. The van der Waals surface area contributed by atoms with Crippen LogP contribution >= 0.6 is 0 Å². The summed E-state index contributed by atoms with van der Waals surface area (Å²) in [6, 6.07) is 4.99. The van der Waals surface area contributed by atoms with Gasteiger partial charge in [-0.25, -0.2) is 4.79 Å². The molecule has 0 saturated carbocycles. The number of methoxy groups -OCH3 is 2. The lowest BCUT2D eigenvalue weighted by molar-refractivity contribution is 0.0595. The number of aromatic amines is 1. The smallest absolute Gasteiger partial charge is 0.354 e. The highest BCUT2D eigenvalue weighted by Gasteiger charge is 2.16. The second kappa shape index (κ2) is 4.52. The fourth-order valence-electron chi connectivity index (χ4n) is 1.88. The average Bonchev–Trinajstić information content (AvgIpc) is 2.80. The van der Waals surface area contributed by atoms with Crippen molar-refractivity contribution in [3.63, 3.8) is 0 Å². The first-order valence-corrected chi connectivity index (χ1v) is 5.37. The number of hydrogen-bond donors (Lipinski definition) is 1. The lowest BCUT2D eigenvalue weighted by Crippen LogP contribution is -2.01. The number of rotatable bonds is 3. The fraction of sp³-hybridized carbons (Fsp3) is 0.231. The number of Topliss-reactive ketones (excluding diaryl/α,β-unsaturated/α-hetero) is 1. The molecule has 94 valence electrons. The van der Waals surface area contributed by atoms with E-state index < -0.39 is 5.97 Å². The molecule has 0 amide bonds. The van der Waals surface area contributed by atoms with E-state index in [1.165, 1.54) is 21.1 Å². The molecule has 1 N–H and O–H groups in total. The van der Waals surface area contributed by atoms with Gasteiger partial charge >= 0.3 is 5.97 Å². The van der Waals surface area contributed by atoms with Gasteiger partial charge in [0, 0.05) is 10.9 Å². The van der Waals surface area contributed by atoms with Crippen LogP contribution in [0.15, 0.2) is 18.2 Å². The predicted molar refractivity (Wildman–Crippen MR) is 66.2 cm³/mol. The second-order valence-electron chi connectivity index (χ2n) is 3.83. The Morgan fingerprint density at radius 3 is 2.50 bits per heavy atom. The van der Waals surface area contributed by atoms with Crippen molar-refractivity contribution in [2.45, 2.75) is 6.92 Å². The van der Waals surface area contributed by atoms with Crippen molar-refractivity contribution in [1.82, 2.24) is 4.98 Å². The monoisotopic (exact) mass is 247 g/mol. The van der Waals surface area contributed by atoms with Crippen molar-refractivity contribution >= 4 is 22.7 Å². The van der Waals surface area contributed by atoms with Crippen molar-refractivity contribution in [2.24, 2.45) is 0 Å². The molecule has 0 atom stereocenters. The van der Waals surface area contributed by atoms with Crippen molar-refractivity contribution in [3.8, 4) is 5.75 Å². The van der Waals surface area contributed by atoms with E-state index in [1.54, 1.807) is 18.2 Å². The molecule has 2 aromatic rings. The maximum Gasteiger partial charge on any atom is 0.354 e. The molecule has 2 rings (SSSR count). The summed E-state index contributed by atoms with van der Waals surface area (Å²) in [7, 11) is 2.84. The minimum Gasteiger partial charge on any atom is -0.496 e. The normalized spacial score (nSPS) is 10.4. The molecule has 0 radical (unpaired) electrons. The van der Waals surface area contributed by atoms with Crippen molar-refractivity contribution in [3.05, 3.63) is 29.5 Å². The van der Waals surface area contributed by atoms with Gasteiger partial charge in [0.05, 0.1) is 19.7 Å². The Kier molecular flexibility index (Phi) is 3.06. The zero-order chi connectivity index (χ0) is 13.3. The Bertz CT molecular complexity index is 627. The molecule has 0 aliphatic rings. The molecule has 0 fully saturated rings. The second-order valence-corrected chi connectivity index (χ2v) is 3.83. The van der Waals surface area contributed by atoms with E-state index in [1.807, 2.05) is 0 Å². The Morgan fingerprint density at radius 1 is 1.22 bits per heavy atom. The molecule has 1 aromatic heterocycles. The first kappa shape index (κ1) is 12.2. The van der Waals surface area contributed by atoms with Crippen molar-refractivity contribution in [1.29, 1.82) is 0 Å². The van der Waals surface area contributed by atoms with Crippen LogP contribution < -0.4 is 4.74 Å². The number of nitrogens with one attached hydrogen (secondary N) is 1. The summed E-state index contributed by atoms with van der Waals surface area (Å²) in [5.41, 5.74) is 1.39. The van der Waals surface area contributed by atoms with Crippen LogP contribution in [0, 0.1) is 0 Å². The first-order valence-electron chi connectivity index (χ1n) is 5.37. The van der Waals surface area contributed by atoms with Crippen LogP contribution in [0.25, 0.3) is 10.9 Å². The van der Waals surface area contributed by atoms with E-state index in [2.05, 4.69) is 9.72 Å². The highest BCUT2D eigenvalue weighted by atomic mass is 16.5. The van der Waals surface area contributed by atoms with E-state index >= 15 is 0 Å². The number of ether oxygens (including phenoxy) is 2. The third-order valence-corrected chi connectivity index (χ3v) is 2.76. The molecule has 0 spiro atoms. The van der Waals surface area contributed by atoms with Crippen LogP contribution in [-0.2, 0) is 4.74 Å². The van der Waals surface area contributed by atoms with E-state index in [0.717, 1.165) is 0 Å². The van der Waals surface area contributed by atoms with Gasteiger partial charge in [0.15, 0.2) is 5.78 Å². The molecule has 0 saturated heterocycles. The van der Waals surface area contributed by atoms with Crippen LogP contribution in [0.4, 0.5) is 0 Å². The lowest BCUT2D eigenvalue weighted by Gasteiger charge is -2.04. The average molecular weight is 247 g/mol. The zero-order valence-electron chi connectivity index (χ0n) is 10.4. The van der Waals surface area contributed by atoms with Crippen LogP contribution in [0.5, 0.6) is 5.75 Å². The predicted octanol–water partition coefficient (Wildman–Crippen LogP) is 2.17. The molecular formula is C13H13NO4. The van der Waals surface area contributed by atoms with Gasteiger partial charge < -0.3 is 14.5 Å². The summed E-state index contributed by atoms with van der Waals surface area (Å²) in [5, 5.41) is 0.686. The van der Waals surface area contributed by atoms with Gasteiger partial charge in [0.1, 0.15) is 11.4 Å². The van der Waals surface area contributed by atoms with Gasteiger partial charge in [-0.05, 0) is 25.1 Å². The largest absolute Gasteiger partial charge is 0.496 e. The number of benzene rings is 1. The van der Waals surface area contributed by atoms with E-state index in [-0.39, 0.29) is 5.78 Å². The summed E-state index contributed by atoms with van der Waals surface area (Å²) in [5.74, 6) is 0.0325. The van der Waals surface area contributed by atoms with Crippen LogP contribution in [0.3, 0.4) is 0 Å². The Balaban J connectivity index is 2.74. The van der Waals surface area contributed by atoms with Crippen LogP contribution in [0.2, 0.25) is 0 Å². The number of hydrogen-bond acceptors (Lipinski definition) is 4. The van der Waals surface area contributed by atoms with Gasteiger partial charge in [0.25, 0.3) is 0 Å². The standard InChI is InChI=1S/C13H13NO4/c1-7(15)8-4-5-11(17-2)9-6-10(13(16)18-3)14-12(8)9/h4-6,14H,1-3H3. The number of esters is 1. The SMILES string of the molecule is COC(=O)c1cc2c(OC)ccc(C(C)=O)c2[nH]1. The molecule has 0 aliphatic carbocycles. The highest BCUT2D eigenvalue weighted by molar-refractivity contribution is 6.09. The number of aromatic nitrogens is 1. The number of carbonyl (C=O) groups is 2. The minimum atomic E-state index is -0.484. The molecule has 5 heteroatoms. The Hall–Kier alpha value is -2.30. The number of carbonyl (C=O) groups excluding carboxylic acids is 2. The number of ketones is 1. The molecule has 1 aromatic carbocycles. The van der Waals surface area contributed by atoms with Gasteiger partial charge in [-0.2, -0.15) is 0 Å². The maximum absolute atomic E-state index is 11.5. The Morgan fingerprint density at radius 2 is 1.94 bits per heavy atom. The Labute approximate surface area is 104 Å². The quantitative estimate of drug-likeness (QED) is 0.666. The molecular weight excluding hydrogens is 234 g/mol.